The van der Waals surface area contributed by atoms with Crippen molar-refractivity contribution in [1.82, 2.24) is 20.1 Å². The Morgan fingerprint density at radius 2 is 2.24 bits per heavy atom. The Morgan fingerprint density at radius 3 is 3.00 bits per heavy atom. The van der Waals surface area contributed by atoms with Crippen LogP contribution in [-0.2, 0) is 26.4 Å². The Balaban J connectivity index is 1.50. The molecule has 0 atom stereocenters. The highest BCUT2D eigenvalue weighted by atomic mass is 16.5. The Bertz CT molecular complexity index is 633. The van der Waals surface area contributed by atoms with Crippen molar-refractivity contribution in [2.24, 2.45) is 7.05 Å². The summed E-state index contributed by atoms with van der Waals surface area (Å²) in [5.41, 5.74) is 2.54. The molecule has 0 radical (unpaired) electrons. The van der Waals surface area contributed by atoms with Gasteiger partial charge in [0.1, 0.15) is 17.7 Å². The lowest BCUT2D eigenvalue weighted by atomic mass is 10.0. The molecule has 0 saturated carbocycles. The van der Waals surface area contributed by atoms with Crippen LogP contribution in [-0.4, -0.2) is 26.9 Å². The zero-order chi connectivity index (χ0) is 14.9. The zero-order valence-corrected chi connectivity index (χ0v) is 12.9. The maximum atomic E-state index is 5.90. The van der Waals surface area contributed by atoms with E-state index in [1.165, 1.54) is 11.1 Å². The average Bonchev–Trinajstić information content (AvgIpc) is 2.95. The number of ether oxygens (including phenoxy) is 1. The fourth-order valence-electron chi connectivity index (χ4n) is 2.70. The van der Waals surface area contributed by atoms with E-state index in [4.69, 9.17) is 4.74 Å². The third kappa shape index (κ3) is 3.42. The standard InChI is InChI=1S/C16H22N4O/c1-16(2)9-13-8-12(4-5-14(13)21-16)10-17-7-6-15-18-11-20(3)19-15/h4-5,8,11,17H,6-7,9-10H2,1-3H3. The molecule has 2 aromatic rings. The smallest absolute Gasteiger partial charge is 0.151 e. The van der Waals surface area contributed by atoms with Gasteiger partial charge in [0.15, 0.2) is 5.82 Å². The van der Waals surface area contributed by atoms with Gasteiger partial charge in [0.2, 0.25) is 0 Å². The van der Waals surface area contributed by atoms with Crippen molar-refractivity contribution in [2.45, 2.75) is 38.8 Å². The molecule has 112 valence electrons. The summed E-state index contributed by atoms with van der Waals surface area (Å²) in [6.07, 6.45) is 3.56. The number of fused-ring (bicyclic) bond motifs is 1. The molecule has 5 nitrogen and oxygen atoms in total. The number of rotatable bonds is 5. The molecular weight excluding hydrogens is 264 g/mol. The van der Waals surface area contributed by atoms with Crippen molar-refractivity contribution >= 4 is 0 Å². The largest absolute Gasteiger partial charge is 0.487 e. The first kappa shape index (κ1) is 14.1. The summed E-state index contributed by atoms with van der Waals surface area (Å²) in [7, 11) is 1.89. The summed E-state index contributed by atoms with van der Waals surface area (Å²) in [6.45, 7) is 6.00. The zero-order valence-electron chi connectivity index (χ0n) is 12.9. The second-order valence-corrected chi connectivity index (χ2v) is 6.24. The molecule has 0 unspecified atom stereocenters. The number of aryl methyl sites for hydroxylation is 1. The van der Waals surface area contributed by atoms with Crippen LogP contribution in [0, 0.1) is 0 Å². The van der Waals surface area contributed by atoms with Gasteiger partial charge in [-0.3, -0.25) is 4.68 Å². The van der Waals surface area contributed by atoms with Crippen LogP contribution in [0.3, 0.4) is 0 Å². The van der Waals surface area contributed by atoms with Crippen LogP contribution in [0.4, 0.5) is 0 Å². The molecule has 0 spiro atoms. The molecule has 2 heterocycles. The highest BCUT2D eigenvalue weighted by Crippen LogP contribution is 2.35. The second kappa shape index (κ2) is 5.48. The summed E-state index contributed by atoms with van der Waals surface area (Å²) >= 11 is 0. The molecule has 3 rings (SSSR count). The Kier molecular flexibility index (Phi) is 3.68. The van der Waals surface area contributed by atoms with Crippen LogP contribution in [0.15, 0.2) is 24.5 Å². The third-order valence-electron chi connectivity index (χ3n) is 3.63. The fourth-order valence-corrected chi connectivity index (χ4v) is 2.70. The number of benzene rings is 1. The van der Waals surface area contributed by atoms with Crippen LogP contribution >= 0.6 is 0 Å². The monoisotopic (exact) mass is 286 g/mol. The quantitative estimate of drug-likeness (QED) is 0.853. The van der Waals surface area contributed by atoms with Crippen LogP contribution in [0.25, 0.3) is 0 Å². The molecule has 0 fully saturated rings. The maximum Gasteiger partial charge on any atom is 0.151 e. The number of hydrogen-bond donors (Lipinski definition) is 1. The summed E-state index contributed by atoms with van der Waals surface area (Å²) in [6, 6.07) is 6.46. The number of nitrogens with one attached hydrogen (secondary N) is 1. The third-order valence-corrected chi connectivity index (χ3v) is 3.63. The van der Waals surface area contributed by atoms with Gasteiger partial charge in [-0.15, -0.1) is 0 Å². The molecule has 1 aromatic heterocycles. The molecule has 21 heavy (non-hydrogen) atoms. The molecule has 1 aliphatic heterocycles. The van der Waals surface area contributed by atoms with Gasteiger partial charge >= 0.3 is 0 Å². The first-order valence-corrected chi connectivity index (χ1v) is 7.38. The van der Waals surface area contributed by atoms with E-state index in [-0.39, 0.29) is 5.60 Å². The highest BCUT2D eigenvalue weighted by molar-refractivity contribution is 5.41. The van der Waals surface area contributed by atoms with E-state index in [2.05, 4.69) is 47.4 Å². The predicted molar refractivity (Wildman–Crippen MR) is 81.3 cm³/mol. The molecule has 0 amide bonds. The van der Waals surface area contributed by atoms with E-state index >= 15 is 0 Å². The normalized spacial score (nSPS) is 15.8. The molecule has 0 aliphatic carbocycles. The predicted octanol–water partition coefficient (Wildman–Crippen LogP) is 1.86. The second-order valence-electron chi connectivity index (χ2n) is 6.24. The van der Waals surface area contributed by atoms with Crippen molar-refractivity contribution < 1.29 is 4.74 Å². The first-order chi connectivity index (χ1) is 10.0. The minimum absolute atomic E-state index is 0.0704. The van der Waals surface area contributed by atoms with Gasteiger partial charge in [0.25, 0.3) is 0 Å². The number of hydrogen-bond acceptors (Lipinski definition) is 4. The van der Waals surface area contributed by atoms with E-state index < -0.39 is 0 Å². The van der Waals surface area contributed by atoms with Crippen LogP contribution in [0.2, 0.25) is 0 Å². The molecule has 1 N–H and O–H groups in total. The minimum Gasteiger partial charge on any atom is -0.487 e. The van der Waals surface area contributed by atoms with E-state index in [1.807, 2.05) is 7.05 Å². The van der Waals surface area contributed by atoms with Gasteiger partial charge in [-0.05, 0) is 31.0 Å². The molecular formula is C16H22N4O. The SMILES string of the molecule is Cn1cnc(CCNCc2ccc3c(c2)CC(C)(C)O3)n1. The molecule has 5 heteroatoms. The van der Waals surface area contributed by atoms with Gasteiger partial charge in [-0.1, -0.05) is 12.1 Å². The van der Waals surface area contributed by atoms with Crippen molar-refractivity contribution in [1.29, 1.82) is 0 Å². The molecule has 0 saturated heterocycles. The summed E-state index contributed by atoms with van der Waals surface area (Å²) in [5, 5.41) is 7.71. The fraction of sp³-hybridized carbons (Fsp3) is 0.500. The summed E-state index contributed by atoms with van der Waals surface area (Å²) in [5.74, 6) is 1.91. The maximum absolute atomic E-state index is 5.90. The van der Waals surface area contributed by atoms with Crippen molar-refractivity contribution in [3.8, 4) is 5.75 Å². The molecule has 1 aliphatic rings. The minimum atomic E-state index is -0.0704. The lowest BCUT2D eigenvalue weighted by Crippen LogP contribution is -2.24. The van der Waals surface area contributed by atoms with Gasteiger partial charge < -0.3 is 10.1 Å². The van der Waals surface area contributed by atoms with Crippen molar-refractivity contribution in [2.75, 3.05) is 6.54 Å². The molecule has 0 bridgehead atoms. The van der Waals surface area contributed by atoms with E-state index in [9.17, 15) is 0 Å². The Hall–Kier alpha value is -1.88. The van der Waals surface area contributed by atoms with Gasteiger partial charge in [-0.2, -0.15) is 5.10 Å². The molecule has 1 aromatic carbocycles. The van der Waals surface area contributed by atoms with E-state index in [0.29, 0.717) is 0 Å². The van der Waals surface area contributed by atoms with Crippen molar-refractivity contribution in [3.05, 3.63) is 41.5 Å². The summed E-state index contributed by atoms with van der Waals surface area (Å²) in [4.78, 5) is 4.22. The highest BCUT2D eigenvalue weighted by Gasteiger charge is 2.29. The topological polar surface area (TPSA) is 52.0 Å². The first-order valence-electron chi connectivity index (χ1n) is 7.38. The van der Waals surface area contributed by atoms with Crippen LogP contribution in [0.5, 0.6) is 5.75 Å². The average molecular weight is 286 g/mol. The van der Waals surface area contributed by atoms with Crippen molar-refractivity contribution in [3.63, 3.8) is 0 Å². The van der Waals surface area contributed by atoms with E-state index in [0.717, 1.165) is 37.5 Å². The van der Waals surface area contributed by atoms with E-state index in [1.54, 1.807) is 11.0 Å². The lowest BCUT2D eigenvalue weighted by Gasteiger charge is -2.16. The van der Waals surface area contributed by atoms with Crippen LogP contribution in [0.1, 0.15) is 30.8 Å². The van der Waals surface area contributed by atoms with Gasteiger partial charge in [0, 0.05) is 33.0 Å². The number of aromatic nitrogens is 3. The number of nitrogens with zero attached hydrogens (tertiary/aromatic N) is 3. The lowest BCUT2D eigenvalue weighted by molar-refractivity contribution is 0.138. The summed E-state index contributed by atoms with van der Waals surface area (Å²) < 4.78 is 7.63. The Labute approximate surface area is 125 Å². The van der Waals surface area contributed by atoms with Gasteiger partial charge in [0.05, 0.1) is 0 Å². The Morgan fingerprint density at radius 1 is 1.38 bits per heavy atom. The van der Waals surface area contributed by atoms with Gasteiger partial charge in [-0.25, -0.2) is 4.98 Å². The van der Waals surface area contributed by atoms with Crippen LogP contribution < -0.4 is 10.1 Å².